The third-order valence-electron chi connectivity index (χ3n) is 2.74. The van der Waals surface area contributed by atoms with Gasteiger partial charge in [0.15, 0.2) is 0 Å². The van der Waals surface area contributed by atoms with Crippen LogP contribution in [0.3, 0.4) is 0 Å². The van der Waals surface area contributed by atoms with E-state index < -0.39 is 5.82 Å². The summed E-state index contributed by atoms with van der Waals surface area (Å²) in [5.74, 6) is -0.483. The van der Waals surface area contributed by atoms with Gasteiger partial charge in [0, 0.05) is 17.6 Å². The van der Waals surface area contributed by atoms with Gasteiger partial charge in [-0.2, -0.15) is 5.26 Å². The largest absolute Gasteiger partial charge is 0.369 e. The molecule has 0 atom stereocenters. The Balaban J connectivity index is 2.19. The van der Waals surface area contributed by atoms with Crippen molar-refractivity contribution in [1.82, 2.24) is 4.98 Å². The van der Waals surface area contributed by atoms with E-state index in [4.69, 9.17) is 5.26 Å². The Morgan fingerprint density at radius 2 is 2.28 bits per heavy atom. The van der Waals surface area contributed by atoms with E-state index in [-0.39, 0.29) is 5.56 Å². The summed E-state index contributed by atoms with van der Waals surface area (Å²) in [6.07, 6.45) is 0. The van der Waals surface area contributed by atoms with Gasteiger partial charge in [-0.25, -0.2) is 9.37 Å². The maximum atomic E-state index is 13.5. The molecule has 1 aromatic carbocycles. The van der Waals surface area contributed by atoms with Crippen LogP contribution >= 0.6 is 11.3 Å². The van der Waals surface area contributed by atoms with Crippen molar-refractivity contribution in [2.45, 2.75) is 13.5 Å². The molecule has 3 nitrogen and oxygen atoms in total. The molecule has 0 fully saturated rings. The zero-order valence-corrected chi connectivity index (χ0v) is 11.0. The highest BCUT2D eigenvalue weighted by molar-refractivity contribution is 7.09. The van der Waals surface area contributed by atoms with E-state index in [2.05, 4.69) is 4.98 Å². The molecule has 0 aliphatic heterocycles. The van der Waals surface area contributed by atoms with E-state index in [1.54, 1.807) is 22.9 Å². The first-order chi connectivity index (χ1) is 8.61. The van der Waals surface area contributed by atoms with Crippen molar-refractivity contribution in [2.75, 3.05) is 11.9 Å². The van der Waals surface area contributed by atoms with Gasteiger partial charge in [0.1, 0.15) is 11.9 Å². The van der Waals surface area contributed by atoms with Crippen LogP contribution in [0.1, 0.15) is 16.1 Å². The van der Waals surface area contributed by atoms with Crippen molar-refractivity contribution in [3.05, 3.63) is 45.7 Å². The van der Waals surface area contributed by atoms with Crippen LogP contribution in [0, 0.1) is 24.1 Å². The lowest BCUT2D eigenvalue weighted by Gasteiger charge is -2.18. The highest BCUT2D eigenvalue weighted by Gasteiger charge is 2.09. The molecular weight excluding hydrogens is 249 g/mol. The van der Waals surface area contributed by atoms with E-state index in [1.165, 1.54) is 12.1 Å². The summed E-state index contributed by atoms with van der Waals surface area (Å²) in [6, 6.07) is 6.45. The zero-order chi connectivity index (χ0) is 13.1. The predicted octanol–water partition coefficient (Wildman–Crippen LogP) is 3.10. The minimum atomic E-state index is -0.483. The molecule has 0 unspecified atom stereocenters. The molecule has 2 aromatic rings. The topological polar surface area (TPSA) is 39.9 Å². The molecular formula is C13H12FN3S. The van der Waals surface area contributed by atoms with Gasteiger partial charge in [0.2, 0.25) is 0 Å². The number of aryl methyl sites for hydroxylation is 1. The van der Waals surface area contributed by atoms with Crippen LogP contribution < -0.4 is 4.90 Å². The summed E-state index contributed by atoms with van der Waals surface area (Å²) in [4.78, 5) is 7.27. The second kappa shape index (κ2) is 5.15. The van der Waals surface area contributed by atoms with E-state index in [0.29, 0.717) is 6.54 Å². The minimum absolute atomic E-state index is 0.0705. The summed E-state index contributed by atoms with van der Waals surface area (Å²) in [5.41, 5.74) is 3.62. The molecule has 92 valence electrons. The van der Waals surface area contributed by atoms with Crippen molar-refractivity contribution in [3.8, 4) is 6.07 Å². The molecule has 0 bridgehead atoms. The number of nitrogens with zero attached hydrogens (tertiary/aromatic N) is 3. The Kier molecular flexibility index (Phi) is 3.58. The predicted molar refractivity (Wildman–Crippen MR) is 70.1 cm³/mol. The number of anilines is 1. The van der Waals surface area contributed by atoms with Crippen LogP contribution in [0.2, 0.25) is 0 Å². The lowest BCUT2D eigenvalue weighted by Crippen LogP contribution is -2.16. The van der Waals surface area contributed by atoms with Crippen LogP contribution in [-0.4, -0.2) is 12.0 Å². The Morgan fingerprint density at radius 3 is 2.83 bits per heavy atom. The smallest absolute Gasteiger partial charge is 0.143 e. The maximum absolute atomic E-state index is 13.5. The van der Waals surface area contributed by atoms with Gasteiger partial charge < -0.3 is 4.90 Å². The van der Waals surface area contributed by atoms with E-state index in [9.17, 15) is 4.39 Å². The van der Waals surface area contributed by atoms with Crippen molar-refractivity contribution < 1.29 is 4.39 Å². The van der Waals surface area contributed by atoms with Crippen LogP contribution in [0.5, 0.6) is 0 Å². The van der Waals surface area contributed by atoms with E-state index >= 15 is 0 Å². The average Bonchev–Trinajstić information content (AvgIpc) is 2.75. The molecule has 1 aromatic heterocycles. The number of hydrogen-bond acceptors (Lipinski definition) is 4. The maximum Gasteiger partial charge on any atom is 0.143 e. The summed E-state index contributed by atoms with van der Waals surface area (Å²) in [7, 11) is 1.89. The van der Waals surface area contributed by atoms with E-state index in [1.807, 2.05) is 24.9 Å². The third-order valence-corrected chi connectivity index (χ3v) is 3.66. The van der Waals surface area contributed by atoms with Gasteiger partial charge in [-0.3, -0.25) is 0 Å². The summed E-state index contributed by atoms with van der Waals surface area (Å²) < 4.78 is 13.5. The fourth-order valence-electron chi connectivity index (χ4n) is 1.62. The Bertz CT molecular complexity index is 601. The Labute approximate surface area is 109 Å². The molecule has 2 rings (SSSR count). The molecule has 0 N–H and O–H groups in total. The molecule has 5 heteroatoms. The number of thiazole rings is 1. The number of benzene rings is 1. The van der Waals surface area contributed by atoms with Crippen molar-refractivity contribution in [2.24, 2.45) is 0 Å². The SMILES string of the molecule is Cc1ncsc1CN(C)c1ccc(C#N)c(F)c1. The van der Waals surface area contributed by atoms with Crippen LogP contribution in [-0.2, 0) is 6.54 Å². The molecule has 0 aliphatic rings. The molecule has 1 heterocycles. The van der Waals surface area contributed by atoms with E-state index in [0.717, 1.165) is 16.3 Å². The number of nitriles is 1. The van der Waals surface area contributed by atoms with Gasteiger partial charge in [-0.15, -0.1) is 11.3 Å². The van der Waals surface area contributed by atoms with Gasteiger partial charge in [-0.1, -0.05) is 0 Å². The molecule has 0 amide bonds. The highest BCUT2D eigenvalue weighted by atomic mass is 32.1. The molecule has 0 spiro atoms. The first-order valence-corrected chi connectivity index (χ1v) is 6.29. The fourth-order valence-corrected chi connectivity index (χ4v) is 2.45. The molecule has 0 aliphatic carbocycles. The van der Waals surface area contributed by atoms with Gasteiger partial charge in [0.05, 0.1) is 23.3 Å². The van der Waals surface area contributed by atoms with Crippen LogP contribution in [0.25, 0.3) is 0 Å². The number of halogens is 1. The number of aromatic nitrogens is 1. The quantitative estimate of drug-likeness (QED) is 0.852. The first-order valence-electron chi connectivity index (χ1n) is 5.41. The standard InChI is InChI=1S/C13H12FN3S/c1-9-13(18-8-16-9)7-17(2)11-4-3-10(6-15)12(14)5-11/h3-5,8H,7H2,1-2H3. The van der Waals surface area contributed by atoms with Crippen LogP contribution in [0.15, 0.2) is 23.7 Å². The van der Waals surface area contributed by atoms with Crippen molar-refractivity contribution >= 4 is 17.0 Å². The normalized spacial score (nSPS) is 10.1. The molecule has 18 heavy (non-hydrogen) atoms. The van der Waals surface area contributed by atoms with Crippen molar-refractivity contribution in [1.29, 1.82) is 5.26 Å². The number of rotatable bonds is 3. The number of hydrogen-bond donors (Lipinski definition) is 0. The molecule has 0 saturated heterocycles. The van der Waals surface area contributed by atoms with Gasteiger partial charge in [-0.05, 0) is 25.1 Å². The Morgan fingerprint density at radius 1 is 1.50 bits per heavy atom. The monoisotopic (exact) mass is 261 g/mol. The van der Waals surface area contributed by atoms with Crippen LogP contribution in [0.4, 0.5) is 10.1 Å². The van der Waals surface area contributed by atoms with Gasteiger partial charge in [0.25, 0.3) is 0 Å². The molecule has 0 radical (unpaired) electrons. The lowest BCUT2D eigenvalue weighted by atomic mass is 10.2. The highest BCUT2D eigenvalue weighted by Crippen LogP contribution is 2.21. The average molecular weight is 261 g/mol. The van der Waals surface area contributed by atoms with Gasteiger partial charge >= 0.3 is 0 Å². The summed E-state index contributed by atoms with van der Waals surface area (Å²) >= 11 is 1.59. The van der Waals surface area contributed by atoms with Crippen molar-refractivity contribution in [3.63, 3.8) is 0 Å². The third kappa shape index (κ3) is 2.49. The summed E-state index contributed by atoms with van der Waals surface area (Å²) in [6.45, 7) is 2.64. The second-order valence-corrected chi connectivity index (χ2v) is 4.93. The lowest BCUT2D eigenvalue weighted by molar-refractivity contribution is 0.623. The zero-order valence-electron chi connectivity index (χ0n) is 10.1. The minimum Gasteiger partial charge on any atom is -0.369 e. The summed E-state index contributed by atoms with van der Waals surface area (Å²) in [5, 5.41) is 8.68. The fraction of sp³-hybridized carbons (Fsp3) is 0.231. The molecule has 0 saturated carbocycles. The Hall–Kier alpha value is -1.93. The second-order valence-electron chi connectivity index (χ2n) is 3.99. The first kappa shape index (κ1) is 12.5.